The van der Waals surface area contributed by atoms with Crippen LogP contribution >= 0.6 is 0 Å². The molecule has 2 rings (SSSR count). The topological polar surface area (TPSA) is 36.9 Å². The Balaban J connectivity index is 2.08. The average Bonchev–Trinajstić information content (AvgIpc) is 2.70. The van der Waals surface area contributed by atoms with Gasteiger partial charge in [-0.15, -0.1) is 0 Å². The molecule has 0 aromatic heterocycles. The van der Waals surface area contributed by atoms with E-state index in [1.165, 1.54) is 5.56 Å². The van der Waals surface area contributed by atoms with Crippen LogP contribution in [0.3, 0.4) is 0 Å². The number of hydrogen-bond acceptors (Lipinski definition) is 4. The molecule has 2 aromatic rings. The molecule has 26 heavy (non-hydrogen) atoms. The molecule has 4 nitrogen and oxygen atoms in total. The van der Waals surface area contributed by atoms with Crippen LogP contribution in [-0.4, -0.2) is 27.9 Å². The lowest BCUT2D eigenvalue weighted by Gasteiger charge is -2.20. The van der Waals surface area contributed by atoms with E-state index in [1.54, 1.807) is 21.3 Å². The van der Waals surface area contributed by atoms with Gasteiger partial charge in [-0.2, -0.15) is 0 Å². The first-order valence-electron chi connectivity index (χ1n) is 8.73. The molecule has 2 aromatic carbocycles. The summed E-state index contributed by atoms with van der Waals surface area (Å²) < 4.78 is 22.0. The fourth-order valence-electron chi connectivity index (χ4n) is 2.78. The van der Waals surface area contributed by atoms with Crippen molar-refractivity contribution in [2.24, 2.45) is 0 Å². The van der Waals surface area contributed by atoms with Crippen LogP contribution in [0.4, 0.5) is 0 Å². The van der Waals surface area contributed by atoms with E-state index in [2.05, 4.69) is 24.8 Å². The number of rotatable bonds is 11. The van der Waals surface area contributed by atoms with Gasteiger partial charge in [-0.25, -0.2) is 0 Å². The lowest BCUT2D eigenvalue weighted by Crippen LogP contribution is -2.09. The smallest absolute Gasteiger partial charge is 0.160 e. The molecule has 0 fully saturated rings. The van der Waals surface area contributed by atoms with Crippen molar-refractivity contribution in [1.29, 1.82) is 0 Å². The molecule has 140 valence electrons. The molecule has 0 aliphatic carbocycles. The second-order valence-corrected chi connectivity index (χ2v) is 6.09. The van der Waals surface area contributed by atoms with Crippen LogP contribution in [0.15, 0.2) is 60.9 Å². The molecular weight excluding hydrogens is 328 g/mol. The molecule has 0 heterocycles. The molecule has 0 N–H and O–H groups in total. The van der Waals surface area contributed by atoms with Crippen LogP contribution < -0.4 is 9.47 Å². The van der Waals surface area contributed by atoms with E-state index in [4.69, 9.17) is 18.9 Å². The molecule has 1 atom stereocenters. The summed E-state index contributed by atoms with van der Waals surface area (Å²) in [7, 11) is 4.94. The number of methoxy groups -OCH3 is 3. The highest BCUT2D eigenvalue weighted by Crippen LogP contribution is 2.33. The zero-order valence-corrected chi connectivity index (χ0v) is 15.9. The SMILES string of the molecule is C=C(CC[C@H](COCc1ccccc1)c1ccc(OC)c(OC)c1)OC. The number of hydrogen-bond donors (Lipinski definition) is 0. The quantitative estimate of drug-likeness (QED) is 0.534. The van der Waals surface area contributed by atoms with Gasteiger partial charge in [0.25, 0.3) is 0 Å². The van der Waals surface area contributed by atoms with Gasteiger partial charge in [0.2, 0.25) is 0 Å². The van der Waals surface area contributed by atoms with Crippen molar-refractivity contribution in [2.75, 3.05) is 27.9 Å². The Labute approximate surface area is 156 Å². The Kier molecular flexibility index (Phi) is 8.03. The lowest BCUT2D eigenvalue weighted by molar-refractivity contribution is 0.103. The Morgan fingerprint density at radius 3 is 2.35 bits per heavy atom. The molecule has 0 aliphatic rings. The minimum absolute atomic E-state index is 0.213. The average molecular weight is 356 g/mol. The van der Waals surface area contributed by atoms with Gasteiger partial charge in [0.05, 0.1) is 40.3 Å². The summed E-state index contributed by atoms with van der Waals surface area (Å²) in [6, 6.07) is 16.2. The first-order valence-corrected chi connectivity index (χ1v) is 8.73. The number of benzene rings is 2. The Hall–Kier alpha value is -2.46. The summed E-state index contributed by atoms with van der Waals surface area (Å²) in [4.78, 5) is 0. The van der Waals surface area contributed by atoms with Gasteiger partial charge < -0.3 is 18.9 Å². The first kappa shape index (κ1) is 19.9. The van der Waals surface area contributed by atoms with Gasteiger partial charge in [-0.1, -0.05) is 43.0 Å². The third kappa shape index (κ3) is 5.81. The summed E-state index contributed by atoms with van der Waals surface area (Å²) in [5.41, 5.74) is 2.32. The largest absolute Gasteiger partial charge is 0.502 e. The molecule has 0 saturated carbocycles. The van der Waals surface area contributed by atoms with Gasteiger partial charge in [-0.3, -0.25) is 0 Å². The summed E-state index contributed by atoms with van der Waals surface area (Å²) >= 11 is 0. The third-order valence-electron chi connectivity index (χ3n) is 4.37. The second kappa shape index (κ2) is 10.5. The van der Waals surface area contributed by atoms with Crippen molar-refractivity contribution >= 4 is 0 Å². The van der Waals surface area contributed by atoms with Gasteiger partial charge in [0.1, 0.15) is 0 Å². The highest BCUT2D eigenvalue weighted by atomic mass is 16.5. The van der Waals surface area contributed by atoms with E-state index < -0.39 is 0 Å². The summed E-state index contributed by atoms with van der Waals surface area (Å²) in [5, 5.41) is 0. The van der Waals surface area contributed by atoms with E-state index in [0.717, 1.165) is 35.7 Å². The third-order valence-corrected chi connectivity index (χ3v) is 4.37. The number of allylic oxidation sites excluding steroid dienone is 1. The van der Waals surface area contributed by atoms with Gasteiger partial charge in [0, 0.05) is 12.3 Å². The summed E-state index contributed by atoms with van der Waals surface area (Å²) in [6.45, 7) is 5.13. The molecule has 0 unspecified atom stereocenters. The Bertz CT molecular complexity index is 682. The van der Waals surface area contributed by atoms with Crippen LogP contribution in [0, 0.1) is 0 Å². The summed E-state index contributed by atoms with van der Waals surface area (Å²) in [5.74, 6) is 2.44. The van der Waals surface area contributed by atoms with Crippen LogP contribution in [0.2, 0.25) is 0 Å². The maximum Gasteiger partial charge on any atom is 0.160 e. The molecule has 0 saturated heterocycles. The van der Waals surface area contributed by atoms with E-state index in [1.807, 2.05) is 30.3 Å². The van der Waals surface area contributed by atoms with E-state index >= 15 is 0 Å². The monoisotopic (exact) mass is 356 g/mol. The standard InChI is InChI=1S/C22H28O4/c1-17(23-2)10-11-20(16-26-15-18-8-6-5-7-9-18)19-12-13-21(24-3)22(14-19)25-4/h5-9,12-14,20H,1,10-11,15-16H2,2-4H3/t20-/m1/s1. The molecule has 0 spiro atoms. The van der Waals surface area contributed by atoms with E-state index in [9.17, 15) is 0 Å². The fourth-order valence-corrected chi connectivity index (χ4v) is 2.78. The molecule has 0 aliphatic heterocycles. The summed E-state index contributed by atoms with van der Waals surface area (Å²) in [6.07, 6.45) is 1.67. The predicted octanol–water partition coefficient (Wildman–Crippen LogP) is 4.94. The normalized spacial score (nSPS) is 11.7. The van der Waals surface area contributed by atoms with Crippen LogP contribution in [-0.2, 0) is 16.1 Å². The molecule has 0 amide bonds. The highest BCUT2D eigenvalue weighted by molar-refractivity contribution is 5.44. The van der Waals surface area contributed by atoms with E-state index in [-0.39, 0.29) is 5.92 Å². The Morgan fingerprint density at radius 1 is 0.962 bits per heavy atom. The highest BCUT2D eigenvalue weighted by Gasteiger charge is 2.16. The minimum Gasteiger partial charge on any atom is -0.502 e. The lowest BCUT2D eigenvalue weighted by atomic mass is 9.94. The fraction of sp³-hybridized carbons (Fsp3) is 0.364. The van der Waals surface area contributed by atoms with Gasteiger partial charge in [0.15, 0.2) is 11.5 Å². The number of ether oxygens (including phenoxy) is 4. The van der Waals surface area contributed by atoms with Crippen molar-refractivity contribution in [3.63, 3.8) is 0 Å². The zero-order valence-electron chi connectivity index (χ0n) is 15.9. The maximum atomic E-state index is 5.99. The van der Waals surface area contributed by atoms with Crippen molar-refractivity contribution in [3.05, 3.63) is 72.0 Å². The van der Waals surface area contributed by atoms with Crippen LogP contribution in [0.5, 0.6) is 11.5 Å². The zero-order chi connectivity index (χ0) is 18.8. The molecular formula is C22H28O4. The minimum atomic E-state index is 0.213. The van der Waals surface area contributed by atoms with E-state index in [0.29, 0.717) is 13.2 Å². The first-order chi connectivity index (χ1) is 12.7. The van der Waals surface area contributed by atoms with Crippen molar-refractivity contribution in [1.82, 2.24) is 0 Å². The molecule has 0 radical (unpaired) electrons. The van der Waals surface area contributed by atoms with Crippen LogP contribution in [0.1, 0.15) is 29.9 Å². The Morgan fingerprint density at radius 2 is 1.69 bits per heavy atom. The van der Waals surface area contributed by atoms with Gasteiger partial charge in [-0.05, 0) is 29.7 Å². The van der Waals surface area contributed by atoms with Crippen molar-refractivity contribution in [3.8, 4) is 11.5 Å². The molecule has 4 heteroatoms. The maximum absolute atomic E-state index is 5.99. The molecule has 0 bridgehead atoms. The van der Waals surface area contributed by atoms with Crippen molar-refractivity contribution in [2.45, 2.75) is 25.4 Å². The van der Waals surface area contributed by atoms with Crippen molar-refractivity contribution < 1.29 is 18.9 Å². The van der Waals surface area contributed by atoms with Gasteiger partial charge >= 0.3 is 0 Å². The predicted molar refractivity (Wildman–Crippen MR) is 104 cm³/mol. The van der Waals surface area contributed by atoms with Crippen LogP contribution in [0.25, 0.3) is 0 Å². The second-order valence-electron chi connectivity index (χ2n) is 6.09.